The summed E-state index contributed by atoms with van der Waals surface area (Å²) in [6.07, 6.45) is 0. The predicted molar refractivity (Wildman–Crippen MR) is 57.8 cm³/mol. The Kier molecular flexibility index (Phi) is 3.04. The van der Waals surface area contributed by atoms with Gasteiger partial charge in [0, 0.05) is 10.0 Å². The van der Waals surface area contributed by atoms with Crippen molar-refractivity contribution in [2.75, 3.05) is 13.3 Å². The van der Waals surface area contributed by atoms with Crippen molar-refractivity contribution in [2.45, 2.75) is 6.61 Å². The van der Waals surface area contributed by atoms with Crippen LogP contribution in [0.3, 0.4) is 0 Å². The molecule has 1 heterocycles. The van der Waals surface area contributed by atoms with Crippen molar-refractivity contribution in [2.24, 2.45) is 5.73 Å². The molecule has 1 aromatic rings. The zero-order valence-electron chi connectivity index (χ0n) is 7.96. The van der Waals surface area contributed by atoms with Crippen LogP contribution in [-0.4, -0.2) is 19.1 Å². The van der Waals surface area contributed by atoms with E-state index in [0.717, 1.165) is 10.0 Å². The van der Waals surface area contributed by atoms with Gasteiger partial charge in [-0.1, -0.05) is 15.9 Å². The van der Waals surface area contributed by atoms with E-state index in [1.54, 1.807) is 6.07 Å². The maximum Gasteiger partial charge on any atom is 0.189 e. The van der Waals surface area contributed by atoms with Crippen LogP contribution in [0.25, 0.3) is 0 Å². The Morgan fingerprint density at radius 3 is 3.07 bits per heavy atom. The molecule has 0 aliphatic carbocycles. The number of ether oxygens (including phenoxy) is 2. The Balaban J connectivity index is 2.52. The van der Waals surface area contributed by atoms with E-state index in [-0.39, 0.29) is 19.1 Å². The highest BCUT2D eigenvalue weighted by Crippen LogP contribution is 2.31. The Labute approximate surface area is 95.5 Å². The lowest BCUT2D eigenvalue weighted by atomic mass is 10.1. The van der Waals surface area contributed by atoms with E-state index in [2.05, 4.69) is 15.9 Å². The molecular weight excluding hydrogens is 262 g/mol. The Hall–Kier alpha value is -0.910. The van der Waals surface area contributed by atoms with E-state index in [9.17, 15) is 4.79 Å². The Bertz CT molecular complexity index is 406. The van der Waals surface area contributed by atoms with Gasteiger partial charge in [0.05, 0.1) is 18.7 Å². The minimum atomic E-state index is -0.130. The maximum absolute atomic E-state index is 11.6. The third-order valence-electron chi connectivity index (χ3n) is 2.16. The monoisotopic (exact) mass is 271 g/mol. The molecule has 5 heteroatoms. The number of benzene rings is 1. The van der Waals surface area contributed by atoms with Crippen molar-refractivity contribution in [3.05, 3.63) is 27.7 Å². The lowest BCUT2D eigenvalue weighted by Gasteiger charge is -2.20. The summed E-state index contributed by atoms with van der Waals surface area (Å²) >= 11 is 3.33. The molecule has 0 amide bonds. The lowest BCUT2D eigenvalue weighted by Crippen LogP contribution is -2.19. The second-order valence-electron chi connectivity index (χ2n) is 3.18. The molecule has 4 nitrogen and oxygen atoms in total. The summed E-state index contributed by atoms with van der Waals surface area (Å²) in [5.41, 5.74) is 6.72. The van der Waals surface area contributed by atoms with Crippen molar-refractivity contribution in [1.82, 2.24) is 0 Å². The highest BCUT2D eigenvalue weighted by molar-refractivity contribution is 9.10. The first-order chi connectivity index (χ1) is 7.22. The van der Waals surface area contributed by atoms with Crippen LogP contribution in [0.4, 0.5) is 0 Å². The van der Waals surface area contributed by atoms with Gasteiger partial charge in [0.2, 0.25) is 0 Å². The fourth-order valence-corrected chi connectivity index (χ4v) is 2.00. The van der Waals surface area contributed by atoms with Gasteiger partial charge in [0.15, 0.2) is 12.6 Å². The molecule has 0 bridgehead atoms. The van der Waals surface area contributed by atoms with E-state index in [1.165, 1.54) is 0 Å². The number of hydrogen-bond acceptors (Lipinski definition) is 4. The smallest absolute Gasteiger partial charge is 0.189 e. The number of rotatable bonds is 2. The molecule has 1 aliphatic rings. The van der Waals surface area contributed by atoms with Crippen molar-refractivity contribution < 1.29 is 14.3 Å². The normalized spacial score (nSPS) is 14.3. The number of halogens is 1. The van der Waals surface area contributed by atoms with Gasteiger partial charge < -0.3 is 15.2 Å². The van der Waals surface area contributed by atoms with Crippen molar-refractivity contribution >= 4 is 21.7 Å². The third kappa shape index (κ3) is 2.04. The molecule has 0 fully saturated rings. The Morgan fingerprint density at radius 2 is 2.33 bits per heavy atom. The molecule has 0 unspecified atom stereocenters. The minimum absolute atomic E-state index is 0.0207. The van der Waals surface area contributed by atoms with Gasteiger partial charge >= 0.3 is 0 Å². The number of fused-ring (bicyclic) bond motifs is 1. The van der Waals surface area contributed by atoms with E-state index >= 15 is 0 Å². The topological polar surface area (TPSA) is 61.6 Å². The van der Waals surface area contributed by atoms with Crippen molar-refractivity contribution in [3.63, 3.8) is 0 Å². The van der Waals surface area contributed by atoms with Gasteiger partial charge in [-0.3, -0.25) is 4.79 Å². The largest absolute Gasteiger partial charge is 0.466 e. The van der Waals surface area contributed by atoms with Crippen LogP contribution in [0, 0.1) is 0 Å². The average molecular weight is 272 g/mol. The zero-order valence-corrected chi connectivity index (χ0v) is 9.54. The van der Waals surface area contributed by atoms with Gasteiger partial charge in [-0.15, -0.1) is 0 Å². The van der Waals surface area contributed by atoms with Crippen LogP contribution >= 0.6 is 15.9 Å². The van der Waals surface area contributed by atoms with E-state index in [0.29, 0.717) is 17.9 Å². The number of ketones is 1. The minimum Gasteiger partial charge on any atom is -0.466 e. The van der Waals surface area contributed by atoms with Crippen LogP contribution in [0.5, 0.6) is 5.75 Å². The van der Waals surface area contributed by atoms with Gasteiger partial charge in [-0.05, 0) is 12.1 Å². The molecule has 2 rings (SSSR count). The average Bonchev–Trinajstić information content (AvgIpc) is 2.26. The van der Waals surface area contributed by atoms with E-state index in [4.69, 9.17) is 15.2 Å². The summed E-state index contributed by atoms with van der Waals surface area (Å²) in [5.74, 6) is 0.467. The summed E-state index contributed by atoms with van der Waals surface area (Å²) in [7, 11) is 0. The first kappa shape index (κ1) is 10.6. The second kappa shape index (κ2) is 4.30. The van der Waals surface area contributed by atoms with Crippen LogP contribution in [-0.2, 0) is 11.3 Å². The molecule has 0 saturated carbocycles. The van der Waals surface area contributed by atoms with Crippen molar-refractivity contribution in [3.8, 4) is 5.75 Å². The van der Waals surface area contributed by atoms with Crippen LogP contribution in [0.2, 0.25) is 0 Å². The summed E-state index contributed by atoms with van der Waals surface area (Å²) in [4.78, 5) is 11.6. The molecule has 1 aliphatic heterocycles. The van der Waals surface area contributed by atoms with E-state index in [1.807, 2.05) is 6.07 Å². The fourth-order valence-electron chi connectivity index (χ4n) is 1.50. The first-order valence-electron chi connectivity index (χ1n) is 4.48. The molecule has 1 aromatic carbocycles. The SMILES string of the molecule is NCC(=O)c1cc(Br)cc2c1OCOC2. The maximum atomic E-state index is 11.6. The number of nitrogens with two attached hydrogens (primary N) is 1. The number of hydrogen-bond donors (Lipinski definition) is 1. The quantitative estimate of drug-likeness (QED) is 0.828. The van der Waals surface area contributed by atoms with Crippen LogP contribution in [0.1, 0.15) is 15.9 Å². The molecule has 0 saturated heterocycles. The molecular formula is C10H10BrNO3. The van der Waals surface area contributed by atoms with Gasteiger partial charge in [0.1, 0.15) is 5.75 Å². The first-order valence-corrected chi connectivity index (χ1v) is 5.28. The molecule has 0 radical (unpaired) electrons. The van der Waals surface area contributed by atoms with Crippen molar-refractivity contribution in [1.29, 1.82) is 0 Å². The summed E-state index contributed by atoms with van der Waals surface area (Å²) in [6, 6.07) is 3.60. The molecule has 2 N–H and O–H groups in total. The molecule has 15 heavy (non-hydrogen) atoms. The van der Waals surface area contributed by atoms with Gasteiger partial charge in [-0.25, -0.2) is 0 Å². The van der Waals surface area contributed by atoms with Crippen LogP contribution < -0.4 is 10.5 Å². The molecule has 0 atom stereocenters. The predicted octanol–water partition coefficient (Wildman–Crippen LogP) is 1.46. The van der Waals surface area contributed by atoms with Gasteiger partial charge in [-0.2, -0.15) is 0 Å². The fraction of sp³-hybridized carbons (Fsp3) is 0.300. The second-order valence-corrected chi connectivity index (χ2v) is 4.10. The lowest BCUT2D eigenvalue weighted by molar-refractivity contribution is -0.0168. The summed E-state index contributed by atoms with van der Waals surface area (Å²) < 4.78 is 11.3. The molecule has 80 valence electrons. The van der Waals surface area contributed by atoms with E-state index < -0.39 is 0 Å². The molecule has 0 spiro atoms. The summed E-state index contributed by atoms with van der Waals surface area (Å²) in [6.45, 7) is 0.617. The number of carbonyl (C=O) groups excluding carboxylic acids is 1. The standard InChI is InChI=1S/C10H10BrNO3/c11-7-1-6-4-14-5-15-10(6)8(2-7)9(13)3-12/h1-2H,3-5,12H2. The highest BCUT2D eigenvalue weighted by atomic mass is 79.9. The number of carbonyl (C=O) groups is 1. The third-order valence-corrected chi connectivity index (χ3v) is 2.62. The highest BCUT2D eigenvalue weighted by Gasteiger charge is 2.19. The summed E-state index contributed by atoms with van der Waals surface area (Å²) in [5, 5.41) is 0. The Morgan fingerprint density at radius 1 is 1.53 bits per heavy atom. The van der Waals surface area contributed by atoms with Gasteiger partial charge in [0.25, 0.3) is 0 Å². The van der Waals surface area contributed by atoms with Crippen LogP contribution in [0.15, 0.2) is 16.6 Å². The zero-order chi connectivity index (χ0) is 10.8. The number of Topliss-reactive ketones (excluding diaryl/α,β-unsaturated/α-hetero) is 1. The molecule has 0 aromatic heterocycles.